The highest BCUT2D eigenvalue weighted by Gasteiger charge is 2.44. The molecule has 3 heterocycles. The van der Waals surface area contributed by atoms with Gasteiger partial charge in [-0.1, -0.05) is 13.8 Å². The van der Waals surface area contributed by atoms with Crippen molar-refractivity contribution in [1.82, 2.24) is 24.6 Å². The van der Waals surface area contributed by atoms with Crippen molar-refractivity contribution >= 4 is 17.6 Å². The third-order valence-electron chi connectivity index (χ3n) is 5.27. The number of rotatable bonds is 5. The molecular weight excluding hydrogens is 356 g/mol. The lowest BCUT2D eigenvalue weighted by atomic mass is 9.87. The third-order valence-corrected chi connectivity index (χ3v) is 5.27. The third kappa shape index (κ3) is 3.90. The van der Waals surface area contributed by atoms with Gasteiger partial charge in [0.2, 0.25) is 0 Å². The summed E-state index contributed by atoms with van der Waals surface area (Å²) in [5, 5.41) is 7.18. The predicted octanol–water partition coefficient (Wildman–Crippen LogP) is 2.84. The first-order valence-electron chi connectivity index (χ1n) is 9.84. The zero-order valence-electron chi connectivity index (χ0n) is 17.0. The highest BCUT2D eigenvalue weighted by atomic mass is 16.2. The quantitative estimate of drug-likeness (QED) is 0.856. The maximum absolute atomic E-state index is 13.2. The van der Waals surface area contributed by atoms with Gasteiger partial charge in [-0.3, -0.25) is 14.3 Å². The monoisotopic (exact) mass is 384 g/mol. The Morgan fingerprint density at radius 2 is 1.96 bits per heavy atom. The van der Waals surface area contributed by atoms with E-state index in [0.717, 1.165) is 19.4 Å². The van der Waals surface area contributed by atoms with Crippen LogP contribution in [-0.2, 0) is 11.3 Å². The van der Waals surface area contributed by atoms with E-state index in [9.17, 15) is 9.59 Å². The number of amides is 2. The summed E-state index contributed by atoms with van der Waals surface area (Å²) in [7, 11) is 0. The van der Waals surface area contributed by atoms with Crippen molar-refractivity contribution in [1.29, 1.82) is 0 Å². The molecule has 3 rings (SSSR count). The number of nitrogens with zero attached hydrogens (tertiary/aromatic N) is 5. The van der Waals surface area contributed by atoms with Crippen LogP contribution in [0.25, 0.3) is 0 Å². The standard InChI is InChI=1S/C20H28N6O2/c1-5-25-11-8-16(24-25)23-19(28)20(4)9-6-7-10-26(20)18(27)15-12-21-17(14(2)3)22-13-15/h8,11-14H,5-7,9-10H2,1-4H3,(H,23,24,28). The zero-order valence-corrected chi connectivity index (χ0v) is 17.0. The van der Waals surface area contributed by atoms with Crippen molar-refractivity contribution in [3.8, 4) is 0 Å². The first kappa shape index (κ1) is 20.0. The summed E-state index contributed by atoms with van der Waals surface area (Å²) in [6.45, 7) is 9.06. The van der Waals surface area contributed by atoms with Gasteiger partial charge in [-0.2, -0.15) is 5.10 Å². The van der Waals surface area contributed by atoms with Crippen LogP contribution in [0, 0.1) is 0 Å². The van der Waals surface area contributed by atoms with E-state index in [1.807, 2.05) is 33.9 Å². The lowest BCUT2D eigenvalue weighted by Crippen LogP contribution is -2.59. The number of hydrogen-bond donors (Lipinski definition) is 1. The fraction of sp³-hybridized carbons (Fsp3) is 0.550. The van der Waals surface area contributed by atoms with Crippen LogP contribution in [0.4, 0.5) is 5.82 Å². The van der Waals surface area contributed by atoms with Gasteiger partial charge in [0.15, 0.2) is 5.82 Å². The van der Waals surface area contributed by atoms with Crippen molar-refractivity contribution in [2.75, 3.05) is 11.9 Å². The van der Waals surface area contributed by atoms with Crippen molar-refractivity contribution < 1.29 is 9.59 Å². The number of likely N-dealkylation sites (tertiary alicyclic amines) is 1. The Balaban J connectivity index is 1.81. The van der Waals surface area contributed by atoms with Gasteiger partial charge in [0.25, 0.3) is 11.8 Å². The van der Waals surface area contributed by atoms with Crippen molar-refractivity contribution in [2.45, 2.75) is 65.0 Å². The number of aromatic nitrogens is 4. The highest BCUT2D eigenvalue weighted by molar-refractivity contribution is 6.03. The van der Waals surface area contributed by atoms with Crippen LogP contribution in [0.5, 0.6) is 0 Å². The van der Waals surface area contributed by atoms with Crippen LogP contribution in [0.15, 0.2) is 24.7 Å². The molecule has 0 radical (unpaired) electrons. The maximum Gasteiger partial charge on any atom is 0.257 e. The Kier molecular flexibility index (Phi) is 5.76. The summed E-state index contributed by atoms with van der Waals surface area (Å²) < 4.78 is 1.75. The van der Waals surface area contributed by atoms with Crippen molar-refractivity contribution in [2.24, 2.45) is 0 Å². The number of anilines is 1. The lowest BCUT2D eigenvalue weighted by molar-refractivity contribution is -0.127. The maximum atomic E-state index is 13.2. The average molecular weight is 384 g/mol. The number of piperidine rings is 1. The molecule has 8 nitrogen and oxygen atoms in total. The minimum atomic E-state index is -0.942. The molecule has 28 heavy (non-hydrogen) atoms. The SMILES string of the molecule is CCn1ccc(NC(=O)C2(C)CCCCN2C(=O)c2cnc(C(C)C)nc2)n1. The highest BCUT2D eigenvalue weighted by Crippen LogP contribution is 2.30. The normalized spacial score (nSPS) is 19.7. The summed E-state index contributed by atoms with van der Waals surface area (Å²) >= 11 is 0. The molecule has 1 aliphatic heterocycles. The van der Waals surface area contributed by atoms with Gasteiger partial charge in [-0.05, 0) is 33.1 Å². The summed E-state index contributed by atoms with van der Waals surface area (Å²) in [4.78, 5) is 36.5. The Bertz CT molecular complexity index is 845. The molecular formula is C20H28N6O2. The molecule has 8 heteroatoms. The minimum absolute atomic E-state index is 0.193. The van der Waals surface area contributed by atoms with Crippen LogP contribution in [0.1, 0.15) is 69.1 Å². The van der Waals surface area contributed by atoms with Gasteiger partial charge >= 0.3 is 0 Å². The fourth-order valence-electron chi connectivity index (χ4n) is 3.44. The molecule has 0 aromatic carbocycles. The summed E-state index contributed by atoms with van der Waals surface area (Å²) in [5.41, 5.74) is -0.539. The topological polar surface area (TPSA) is 93.0 Å². The minimum Gasteiger partial charge on any atom is -0.324 e. The molecule has 1 unspecified atom stereocenters. The van der Waals surface area contributed by atoms with E-state index in [-0.39, 0.29) is 17.7 Å². The second-order valence-electron chi connectivity index (χ2n) is 7.68. The van der Waals surface area contributed by atoms with Crippen LogP contribution in [0.3, 0.4) is 0 Å². The number of hydrogen-bond acceptors (Lipinski definition) is 5. The van der Waals surface area contributed by atoms with E-state index in [4.69, 9.17) is 0 Å². The van der Waals surface area contributed by atoms with E-state index in [0.29, 0.717) is 30.2 Å². The molecule has 2 aromatic heterocycles. The summed E-state index contributed by atoms with van der Waals surface area (Å²) in [6, 6.07) is 1.76. The van der Waals surface area contributed by atoms with Crippen LogP contribution < -0.4 is 5.32 Å². The average Bonchev–Trinajstić information content (AvgIpc) is 3.15. The van der Waals surface area contributed by atoms with Crippen LogP contribution in [-0.4, -0.2) is 48.5 Å². The predicted molar refractivity (Wildman–Crippen MR) is 106 cm³/mol. The van der Waals surface area contributed by atoms with Gasteiger partial charge in [-0.15, -0.1) is 0 Å². The van der Waals surface area contributed by atoms with Gasteiger partial charge in [0.1, 0.15) is 11.4 Å². The van der Waals surface area contributed by atoms with Crippen molar-refractivity contribution in [3.63, 3.8) is 0 Å². The molecule has 0 spiro atoms. The molecule has 1 fully saturated rings. The molecule has 1 atom stereocenters. The second kappa shape index (κ2) is 8.08. The van der Waals surface area contributed by atoms with E-state index in [1.54, 1.807) is 28.0 Å². The lowest BCUT2D eigenvalue weighted by Gasteiger charge is -2.43. The molecule has 1 saturated heterocycles. The van der Waals surface area contributed by atoms with Crippen LogP contribution >= 0.6 is 0 Å². The molecule has 2 amide bonds. The number of aryl methyl sites for hydroxylation is 1. The van der Waals surface area contributed by atoms with E-state index >= 15 is 0 Å². The largest absolute Gasteiger partial charge is 0.324 e. The molecule has 2 aromatic rings. The Morgan fingerprint density at radius 1 is 1.25 bits per heavy atom. The fourth-order valence-corrected chi connectivity index (χ4v) is 3.44. The molecule has 1 aliphatic rings. The second-order valence-corrected chi connectivity index (χ2v) is 7.68. The molecule has 1 N–H and O–H groups in total. The molecule has 150 valence electrons. The number of carbonyl (C=O) groups is 2. The molecule has 0 saturated carbocycles. The Morgan fingerprint density at radius 3 is 2.57 bits per heavy atom. The van der Waals surface area contributed by atoms with E-state index in [1.165, 1.54) is 0 Å². The van der Waals surface area contributed by atoms with Gasteiger partial charge in [-0.25, -0.2) is 9.97 Å². The Hall–Kier alpha value is -2.77. The first-order valence-corrected chi connectivity index (χ1v) is 9.84. The zero-order chi connectivity index (χ0) is 20.3. The van der Waals surface area contributed by atoms with Gasteiger partial charge in [0, 0.05) is 43.7 Å². The van der Waals surface area contributed by atoms with Crippen LogP contribution in [0.2, 0.25) is 0 Å². The first-order chi connectivity index (χ1) is 13.3. The summed E-state index contributed by atoms with van der Waals surface area (Å²) in [5.74, 6) is 0.948. The van der Waals surface area contributed by atoms with Crippen molar-refractivity contribution in [3.05, 3.63) is 36.0 Å². The van der Waals surface area contributed by atoms with E-state index in [2.05, 4.69) is 20.4 Å². The molecule has 0 aliphatic carbocycles. The molecule has 0 bridgehead atoms. The Labute approximate surface area is 165 Å². The smallest absolute Gasteiger partial charge is 0.257 e. The summed E-state index contributed by atoms with van der Waals surface area (Å²) in [6.07, 6.45) is 7.28. The van der Waals surface area contributed by atoms with E-state index < -0.39 is 5.54 Å². The number of nitrogens with one attached hydrogen (secondary N) is 1. The van der Waals surface area contributed by atoms with Gasteiger partial charge in [0.05, 0.1) is 5.56 Å². The van der Waals surface area contributed by atoms with Gasteiger partial charge < -0.3 is 10.2 Å². The number of carbonyl (C=O) groups excluding carboxylic acids is 2.